The summed E-state index contributed by atoms with van der Waals surface area (Å²) in [6.45, 7) is 2.87. The third-order valence-corrected chi connectivity index (χ3v) is 2.53. The predicted molar refractivity (Wildman–Crippen MR) is 59.3 cm³/mol. The number of aromatic nitrogens is 1. The van der Waals surface area contributed by atoms with Crippen molar-refractivity contribution < 1.29 is 4.39 Å². The second-order valence-corrected chi connectivity index (χ2v) is 3.61. The van der Waals surface area contributed by atoms with Crippen molar-refractivity contribution in [3.8, 4) is 0 Å². The van der Waals surface area contributed by atoms with Crippen LogP contribution in [0.1, 0.15) is 18.2 Å². The van der Waals surface area contributed by atoms with Gasteiger partial charge in [0.1, 0.15) is 5.82 Å². The molecule has 0 unspecified atom stereocenters. The second kappa shape index (κ2) is 4.30. The van der Waals surface area contributed by atoms with Gasteiger partial charge in [-0.1, -0.05) is 19.1 Å². The van der Waals surface area contributed by atoms with Gasteiger partial charge >= 0.3 is 0 Å². The molecule has 0 N–H and O–H groups in total. The second-order valence-electron chi connectivity index (χ2n) is 3.61. The van der Waals surface area contributed by atoms with E-state index in [1.807, 2.05) is 18.3 Å². The van der Waals surface area contributed by atoms with Gasteiger partial charge in [-0.25, -0.2) is 4.39 Å². The lowest BCUT2D eigenvalue weighted by Crippen LogP contribution is -2.02. The maximum Gasteiger partial charge on any atom is 0.123 e. The fraction of sp³-hybridized carbons (Fsp3) is 0.231. The van der Waals surface area contributed by atoms with Gasteiger partial charge in [-0.2, -0.15) is 0 Å². The van der Waals surface area contributed by atoms with E-state index < -0.39 is 0 Å². The standard InChI is InChI=1S/C13H14FN/c1-2-13-7-4-8-15(13)10-11-5-3-6-12(14)9-11/h3-9H,2,10H2,1H3. The molecular weight excluding hydrogens is 189 g/mol. The minimum Gasteiger partial charge on any atom is -0.347 e. The van der Waals surface area contributed by atoms with E-state index in [0.717, 1.165) is 18.5 Å². The van der Waals surface area contributed by atoms with E-state index in [9.17, 15) is 4.39 Å². The molecule has 0 fully saturated rings. The van der Waals surface area contributed by atoms with Gasteiger partial charge in [0.25, 0.3) is 0 Å². The molecule has 0 aliphatic carbocycles. The molecule has 2 aromatic rings. The van der Waals surface area contributed by atoms with E-state index in [0.29, 0.717) is 0 Å². The van der Waals surface area contributed by atoms with Gasteiger partial charge in [-0.15, -0.1) is 0 Å². The summed E-state index contributed by atoms with van der Waals surface area (Å²) in [7, 11) is 0. The molecule has 1 aromatic heterocycles. The van der Waals surface area contributed by atoms with Gasteiger partial charge in [-0.3, -0.25) is 0 Å². The number of halogens is 1. The normalized spacial score (nSPS) is 10.5. The lowest BCUT2D eigenvalue weighted by atomic mass is 10.2. The molecule has 1 aromatic carbocycles. The zero-order valence-electron chi connectivity index (χ0n) is 8.78. The number of aryl methyl sites for hydroxylation is 1. The summed E-state index contributed by atoms with van der Waals surface area (Å²) in [5, 5.41) is 0. The molecule has 0 radical (unpaired) electrons. The highest BCUT2D eigenvalue weighted by Gasteiger charge is 2.00. The molecule has 1 nitrogen and oxygen atoms in total. The molecule has 1 heterocycles. The van der Waals surface area contributed by atoms with Gasteiger partial charge in [0.15, 0.2) is 0 Å². The van der Waals surface area contributed by atoms with E-state index in [1.165, 1.54) is 11.8 Å². The number of nitrogens with zero attached hydrogens (tertiary/aromatic N) is 1. The minimum absolute atomic E-state index is 0.169. The zero-order valence-corrected chi connectivity index (χ0v) is 8.78. The predicted octanol–water partition coefficient (Wildman–Crippen LogP) is 3.24. The van der Waals surface area contributed by atoms with Crippen molar-refractivity contribution in [1.82, 2.24) is 4.57 Å². The summed E-state index contributed by atoms with van der Waals surface area (Å²) >= 11 is 0. The van der Waals surface area contributed by atoms with Crippen LogP contribution < -0.4 is 0 Å². The van der Waals surface area contributed by atoms with Crippen LogP contribution in [0.15, 0.2) is 42.6 Å². The summed E-state index contributed by atoms with van der Waals surface area (Å²) in [4.78, 5) is 0. The first-order valence-corrected chi connectivity index (χ1v) is 5.18. The van der Waals surface area contributed by atoms with E-state index >= 15 is 0 Å². The van der Waals surface area contributed by atoms with Crippen molar-refractivity contribution in [3.05, 3.63) is 59.7 Å². The summed E-state index contributed by atoms with van der Waals surface area (Å²) < 4.78 is 15.1. The van der Waals surface area contributed by atoms with Crippen LogP contribution in [0.5, 0.6) is 0 Å². The van der Waals surface area contributed by atoms with Gasteiger partial charge in [-0.05, 0) is 36.2 Å². The highest BCUT2D eigenvalue weighted by Crippen LogP contribution is 2.09. The number of hydrogen-bond donors (Lipinski definition) is 0. The van der Waals surface area contributed by atoms with Crippen molar-refractivity contribution in [1.29, 1.82) is 0 Å². The van der Waals surface area contributed by atoms with Gasteiger partial charge in [0.05, 0.1) is 0 Å². The topological polar surface area (TPSA) is 4.93 Å². The Morgan fingerprint density at radius 1 is 1.20 bits per heavy atom. The summed E-state index contributed by atoms with van der Waals surface area (Å²) in [6.07, 6.45) is 3.03. The highest BCUT2D eigenvalue weighted by molar-refractivity contribution is 5.18. The third-order valence-electron chi connectivity index (χ3n) is 2.53. The Bertz CT molecular complexity index is 445. The molecule has 0 bridgehead atoms. The first kappa shape index (κ1) is 9.97. The fourth-order valence-electron chi connectivity index (χ4n) is 1.76. The SMILES string of the molecule is CCc1cccn1Cc1cccc(F)c1. The van der Waals surface area contributed by atoms with E-state index in [2.05, 4.69) is 17.6 Å². The van der Waals surface area contributed by atoms with Crippen LogP contribution in [0.3, 0.4) is 0 Å². The van der Waals surface area contributed by atoms with Crippen LogP contribution in [0.25, 0.3) is 0 Å². The fourth-order valence-corrected chi connectivity index (χ4v) is 1.76. The summed E-state index contributed by atoms with van der Waals surface area (Å²) in [5.74, 6) is -0.169. The smallest absolute Gasteiger partial charge is 0.123 e. The van der Waals surface area contributed by atoms with Gasteiger partial charge < -0.3 is 4.57 Å². The molecular formula is C13H14FN. The first-order valence-electron chi connectivity index (χ1n) is 5.18. The van der Waals surface area contributed by atoms with Crippen molar-refractivity contribution in [2.75, 3.05) is 0 Å². The minimum atomic E-state index is -0.169. The number of rotatable bonds is 3. The van der Waals surface area contributed by atoms with Gasteiger partial charge in [0.2, 0.25) is 0 Å². The Labute approximate surface area is 89.2 Å². The Hall–Kier alpha value is -1.57. The van der Waals surface area contributed by atoms with Crippen molar-refractivity contribution in [2.45, 2.75) is 19.9 Å². The highest BCUT2D eigenvalue weighted by atomic mass is 19.1. The average molecular weight is 203 g/mol. The van der Waals surface area contributed by atoms with Gasteiger partial charge in [0, 0.05) is 18.4 Å². The average Bonchev–Trinajstić information content (AvgIpc) is 2.65. The molecule has 2 rings (SSSR count). The van der Waals surface area contributed by atoms with Crippen molar-refractivity contribution in [2.24, 2.45) is 0 Å². The zero-order chi connectivity index (χ0) is 10.7. The van der Waals surface area contributed by atoms with E-state index in [-0.39, 0.29) is 5.82 Å². The number of benzene rings is 1. The third kappa shape index (κ3) is 2.27. The lowest BCUT2D eigenvalue weighted by molar-refractivity contribution is 0.623. The largest absolute Gasteiger partial charge is 0.347 e. The molecule has 0 spiro atoms. The molecule has 0 aliphatic rings. The van der Waals surface area contributed by atoms with Crippen LogP contribution in [0.2, 0.25) is 0 Å². The van der Waals surface area contributed by atoms with Crippen LogP contribution in [0, 0.1) is 5.82 Å². The van der Waals surface area contributed by atoms with Crippen molar-refractivity contribution in [3.63, 3.8) is 0 Å². The first-order chi connectivity index (χ1) is 7.29. The molecule has 0 atom stereocenters. The summed E-state index contributed by atoms with van der Waals surface area (Å²) in [6, 6.07) is 10.9. The Balaban J connectivity index is 2.22. The quantitative estimate of drug-likeness (QED) is 0.721. The molecule has 2 heteroatoms. The van der Waals surface area contributed by atoms with Crippen LogP contribution in [0.4, 0.5) is 4.39 Å². The monoisotopic (exact) mass is 203 g/mol. The molecule has 0 saturated heterocycles. The van der Waals surface area contributed by atoms with Crippen molar-refractivity contribution >= 4 is 0 Å². The molecule has 78 valence electrons. The van der Waals surface area contributed by atoms with E-state index in [1.54, 1.807) is 12.1 Å². The van der Waals surface area contributed by atoms with Crippen LogP contribution in [-0.2, 0) is 13.0 Å². The molecule has 0 saturated carbocycles. The number of hydrogen-bond acceptors (Lipinski definition) is 0. The molecule has 0 amide bonds. The maximum atomic E-state index is 13.0. The molecule has 0 aliphatic heterocycles. The van der Waals surface area contributed by atoms with E-state index in [4.69, 9.17) is 0 Å². The Morgan fingerprint density at radius 3 is 2.80 bits per heavy atom. The maximum absolute atomic E-state index is 13.0. The Morgan fingerprint density at radius 2 is 2.07 bits per heavy atom. The lowest BCUT2D eigenvalue weighted by Gasteiger charge is -2.07. The Kier molecular flexibility index (Phi) is 2.86. The molecule has 15 heavy (non-hydrogen) atoms. The summed E-state index contributed by atoms with van der Waals surface area (Å²) in [5.41, 5.74) is 2.28. The van der Waals surface area contributed by atoms with Crippen LogP contribution >= 0.6 is 0 Å². The van der Waals surface area contributed by atoms with Crippen LogP contribution in [-0.4, -0.2) is 4.57 Å².